The fourth-order valence-corrected chi connectivity index (χ4v) is 3.86. The molecule has 0 spiro atoms. The van der Waals surface area contributed by atoms with Crippen molar-refractivity contribution in [1.29, 1.82) is 0 Å². The van der Waals surface area contributed by atoms with E-state index in [9.17, 15) is 13.6 Å². The first-order valence-corrected chi connectivity index (χ1v) is 10.3. The Hall–Kier alpha value is -2.67. The van der Waals surface area contributed by atoms with Crippen molar-refractivity contribution in [1.82, 2.24) is 15.5 Å². The molecular weight excluding hydrogens is 388 g/mol. The Morgan fingerprint density at radius 3 is 2.53 bits per heavy atom. The lowest BCUT2D eigenvalue weighted by Crippen LogP contribution is -2.39. The molecule has 1 aliphatic heterocycles. The average molecular weight is 418 g/mol. The number of benzene rings is 2. The van der Waals surface area contributed by atoms with E-state index < -0.39 is 6.61 Å². The lowest BCUT2D eigenvalue weighted by Gasteiger charge is -2.21. The molecule has 5 nitrogen and oxygen atoms in total. The van der Waals surface area contributed by atoms with Crippen LogP contribution in [0.1, 0.15) is 24.5 Å². The van der Waals surface area contributed by atoms with Gasteiger partial charge in [-0.25, -0.2) is 4.79 Å². The molecule has 30 heavy (non-hydrogen) atoms. The molecule has 2 aromatic rings. The van der Waals surface area contributed by atoms with Crippen molar-refractivity contribution in [2.24, 2.45) is 5.92 Å². The zero-order valence-electron chi connectivity index (χ0n) is 17.2. The molecule has 2 amide bonds. The molecule has 2 unspecified atom stereocenters. The van der Waals surface area contributed by atoms with E-state index in [0.29, 0.717) is 31.5 Å². The predicted molar refractivity (Wildman–Crippen MR) is 113 cm³/mol. The molecule has 1 heterocycles. The fraction of sp³-hybridized carbons (Fsp3) is 0.435. The van der Waals surface area contributed by atoms with Crippen LogP contribution in [0.4, 0.5) is 13.6 Å². The van der Waals surface area contributed by atoms with Gasteiger partial charge in [-0.2, -0.15) is 8.78 Å². The summed E-state index contributed by atoms with van der Waals surface area (Å²) in [6.07, 6.45) is 1.69. The molecular formula is C23H29F2N3O2. The number of carbonyl (C=O) groups excluding carboxylic acids is 1. The van der Waals surface area contributed by atoms with E-state index in [-0.39, 0.29) is 11.8 Å². The van der Waals surface area contributed by atoms with E-state index in [1.165, 1.54) is 17.7 Å². The molecule has 2 aromatic carbocycles. The van der Waals surface area contributed by atoms with Crippen LogP contribution in [0.2, 0.25) is 0 Å². The molecule has 1 aliphatic rings. The van der Waals surface area contributed by atoms with E-state index in [1.807, 2.05) is 6.07 Å². The minimum absolute atomic E-state index is 0.131. The SMILES string of the molecule is CC1CC(CNC(=O)NCCc2ccc(OC(F)F)cc2)CN1Cc1ccccc1. The van der Waals surface area contributed by atoms with Crippen LogP contribution >= 0.6 is 0 Å². The Kier molecular flexibility index (Phi) is 8.02. The molecule has 0 saturated carbocycles. The van der Waals surface area contributed by atoms with Gasteiger partial charge in [0.25, 0.3) is 0 Å². The molecule has 7 heteroatoms. The minimum atomic E-state index is -2.82. The number of amides is 2. The maximum absolute atomic E-state index is 12.2. The van der Waals surface area contributed by atoms with Gasteiger partial charge in [0.15, 0.2) is 0 Å². The summed E-state index contributed by atoms with van der Waals surface area (Å²) < 4.78 is 28.6. The number of carbonyl (C=O) groups is 1. The van der Waals surface area contributed by atoms with Gasteiger partial charge in [-0.15, -0.1) is 0 Å². The molecule has 0 aliphatic carbocycles. The molecule has 3 rings (SSSR count). The van der Waals surface area contributed by atoms with Gasteiger partial charge in [-0.05, 0) is 48.9 Å². The Morgan fingerprint density at radius 1 is 1.10 bits per heavy atom. The summed E-state index contributed by atoms with van der Waals surface area (Å²) >= 11 is 0. The monoisotopic (exact) mass is 417 g/mol. The highest BCUT2D eigenvalue weighted by atomic mass is 19.3. The van der Waals surface area contributed by atoms with Crippen molar-refractivity contribution in [3.05, 3.63) is 65.7 Å². The van der Waals surface area contributed by atoms with Gasteiger partial charge in [-0.1, -0.05) is 42.5 Å². The molecule has 162 valence electrons. The highest BCUT2D eigenvalue weighted by Gasteiger charge is 2.28. The summed E-state index contributed by atoms with van der Waals surface area (Å²) in [7, 11) is 0. The van der Waals surface area contributed by atoms with E-state index in [4.69, 9.17) is 0 Å². The van der Waals surface area contributed by atoms with Crippen LogP contribution in [0.5, 0.6) is 5.75 Å². The largest absolute Gasteiger partial charge is 0.435 e. The van der Waals surface area contributed by atoms with Crippen molar-refractivity contribution in [3.63, 3.8) is 0 Å². The highest BCUT2D eigenvalue weighted by molar-refractivity contribution is 5.73. The van der Waals surface area contributed by atoms with Crippen LogP contribution in [0.3, 0.4) is 0 Å². The number of halogens is 2. The Morgan fingerprint density at radius 2 is 1.83 bits per heavy atom. The molecule has 1 saturated heterocycles. The highest BCUT2D eigenvalue weighted by Crippen LogP contribution is 2.24. The third kappa shape index (κ3) is 6.99. The van der Waals surface area contributed by atoms with Crippen LogP contribution < -0.4 is 15.4 Å². The molecule has 1 fully saturated rings. The quantitative estimate of drug-likeness (QED) is 0.648. The second-order valence-corrected chi connectivity index (χ2v) is 7.78. The third-order valence-electron chi connectivity index (χ3n) is 5.42. The smallest absolute Gasteiger partial charge is 0.387 e. The number of ether oxygens (including phenoxy) is 1. The van der Waals surface area contributed by atoms with Crippen molar-refractivity contribution < 1.29 is 18.3 Å². The lowest BCUT2D eigenvalue weighted by molar-refractivity contribution is -0.0498. The van der Waals surface area contributed by atoms with Gasteiger partial charge in [0.2, 0.25) is 0 Å². The van der Waals surface area contributed by atoms with Gasteiger partial charge in [-0.3, -0.25) is 4.90 Å². The number of hydrogen-bond donors (Lipinski definition) is 2. The molecule has 0 aromatic heterocycles. The average Bonchev–Trinajstić information content (AvgIpc) is 3.07. The van der Waals surface area contributed by atoms with Gasteiger partial charge >= 0.3 is 12.6 Å². The standard InChI is InChI=1S/C23H29F2N3O2/c1-17-13-20(16-28(17)15-19-5-3-2-4-6-19)14-27-23(29)26-12-11-18-7-9-21(10-8-18)30-22(24)25/h2-10,17,20,22H,11-16H2,1H3,(H2,26,27,29). The molecule has 0 bridgehead atoms. The Balaban J connectivity index is 1.33. The van der Waals surface area contributed by atoms with Gasteiger partial charge in [0.1, 0.15) is 5.75 Å². The van der Waals surface area contributed by atoms with Crippen molar-refractivity contribution in [2.75, 3.05) is 19.6 Å². The predicted octanol–water partition coefficient (Wildman–Crippen LogP) is 4.04. The Bertz CT molecular complexity index is 787. The summed E-state index contributed by atoms with van der Waals surface area (Å²) in [5.41, 5.74) is 2.25. The lowest BCUT2D eigenvalue weighted by atomic mass is 10.1. The van der Waals surface area contributed by atoms with Crippen molar-refractivity contribution in [3.8, 4) is 5.75 Å². The zero-order chi connectivity index (χ0) is 21.3. The first kappa shape index (κ1) is 22.0. The fourth-order valence-electron chi connectivity index (χ4n) is 3.86. The van der Waals surface area contributed by atoms with Crippen LogP contribution in [-0.4, -0.2) is 43.2 Å². The second-order valence-electron chi connectivity index (χ2n) is 7.78. The summed E-state index contributed by atoms with van der Waals surface area (Å²) in [4.78, 5) is 14.5. The van der Waals surface area contributed by atoms with Gasteiger partial charge < -0.3 is 15.4 Å². The number of alkyl halides is 2. The number of nitrogens with one attached hydrogen (secondary N) is 2. The molecule has 0 radical (unpaired) electrons. The molecule has 2 N–H and O–H groups in total. The summed E-state index contributed by atoms with van der Waals surface area (Å²) in [5, 5.41) is 5.82. The van der Waals surface area contributed by atoms with Crippen molar-refractivity contribution >= 4 is 6.03 Å². The van der Waals surface area contributed by atoms with E-state index in [1.54, 1.807) is 12.1 Å². The van der Waals surface area contributed by atoms with E-state index in [2.05, 4.69) is 51.5 Å². The first-order valence-electron chi connectivity index (χ1n) is 10.3. The van der Waals surface area contributed by atoms with Crippen LogP contribution in [0.15, 0.2) is 54.6 Å². The van der Waals surface area contributed by atoms with E-state index >= 15 is 0 Å². The zero-order valence-corrected chi connectivity index (χ0v) is 17.2. The van der Waals surface area contributed by atoms with Crippen LogP contribution in [0.25, 0.3) is 0 Å². The minimum Gasteiger partial charge on any atom is -0.435 e. The maximum atomic E-state index is 12.2. The second kappa shape index (κ2) is 10.9. The normalized spacial score (nSPS) is 19.1. The summed E-state index contributed by atoms with van der Waals surface area (Å²) in [6.45, 7) is 2.45. The van der Waals surface area contributed by atoms with Gasteiger partial charge in [0.05, 0.1) is 0 Å². The topological polar surface area (TPSA) is 53.6 Å². The van der Waals surface area contributed by atoms with Crippen LogP contribution in [0, 0.1) is 5.92 Å². The summed E-state index contributed by atoms with van der Waals surface area (Å²) in [5.74, 6) is 0.573. The number of likely N-dealkylation sites (tertiary alicyclic amines) is 1. The summed E-state index contributed by atoms with van der Waals surface area (Å²) in [6, 6.07) is 17.2. The van der Waals surface area contributed by atoms with Crippen molar-refractivity contribution in [2.45, 2.75) is 39.0 Å². The maximum Gasteiger partial charge on any atom is 0.387 e. The number of hydrogen-bond acceptors (Lipinski definition) is 3. The number of urea groups is 1. The first-order chi connectivity index (χ1) is 14.5. The number of rotatable bonds is 9. The third-order valence-corrected chi connectivity index (χ3v) is 5.42. The molecule has 2 atom stereocenters. The van der Waals surface area contributed by atoms with Crippen LogP contribution in [-0.2, 0) is 13.0 Å². The van der Waals surface area contributed by atoms with Gasteiger partial charge in [0, 0.05) is 32.2 Å². The van der Waals surface area contributed by atoms with E-state index in [0.717, 1.165) is 25.1 Å². The Labute approximate surface area is 176 Å². The number of nitrogens with zero attached hydrogens (tertiary/aromatic N) is 1.